The lowest BCUT2D eigenvalue weighted by atomic mass is 10.1. The number of anilines is 1. The van der Waals surface area contributed by atoms with Crippen molar-refractivity contribution in [3.63, 3.8) is 0 Å². The van der Waals surface area contributed by atoms with E-state index in [0.29, 0.717) is 6.04 Å². The first-order valence-electron chi connectivity index (χ1n) is 4.94. The van der Waals surface area contributed by atoms with Gasteiger partial charge >= 0.3 is 0 Å². The summed E-state index contributed by atoms with van der Waals surface area (Å²) in [5.41, 5.74) is 0. The Morgan fingerprint density at radius 2 is 2.21 bits per heavy atom. The lowest BCUT2D eigenvalue weighted by molar-refractivity contribution is 0.440. The summed E-state index contributed by atoms with van der Waals surface area (Å²) in [5.74, 6) is 0.861. The normalized spacial score (nSPS) is 18.1. The second kappa shape index (κ2) is 4.32. The van der Waals surface area contributed by atoms with Crippen LogP contribution in [0, 0.1) is 0 Å². The summed E-state index contributed by atoms with van der Waals surface area (Å²) in [5, 5.41) is 11.2. The van der Waals surface area contributed by atoms with Crippen LogP contribution in [0.3, 0.4) is 0 Å². The highest BCUT2D eigenvalue weighted by molar-refractivity contribution is 5.34. The molecule has 0 amide bonds. The van der Waals surface area contributed by atoms with Crippen molar-refractivity contribution >= 4 is 5.82 Å². The van der Waals surface area contributed by atoms with Gasteiger partial charge in [-0.3, -0.25) is 0 Å². The van der Waals surface area contributed by atoms with Crippen molar-refractivity contribution in [2.75, 3.05) is 25.0 Å². The maximum absolute atomic E-state index is 4.05. The Hall–Kier alpha value is -1.23. The van der Waals surface area contributed by atoms with Crippen molar-refractivity contribution in [3.05, 3.63) is 12.5 Å². The van der Waals surface area contributed by atoms with E-state index in [1.54, 1.807) is 6.20 Å². The molecule has 0 spiro atoms. The van der Waals surface area contributed by atoms with Gasteiger partial charge in [0.15, 0.2) is 5.82 Å². The second-order valence-electron chi connectivity index (χ2n) is 3.56. The van der Waals surface area contributed by atoms with E-state index in [0.717, 1.165) is 31.7 Å². The van der Waals surface area contributed by atoms with E-state index >= 15 is 0 Å². The van der Waals surface area contributed by atoms with E-state index in [-0.39, 0.29) is 0 Å². The molecule has 0 aliphatic carbocycles. The zero-order valence-corrected chi connectivity index (χ0v) is 8.35. The summed E-state index contributed by atoms with van der Waals surface area (Å²) in [6, 6.07) is 0.565. The number of hydrogen-bond donors (Lipinski definition) is 1. The molecule has 1 aromatic rings. The smallest absolute Gasteiger partial charge is 0.169 e. The molecule has 0 saturated carbocycles. The largest absolute Gasteiger partial charge is 0.354 e. The van der Waals surface area contributed by atoms with E-state index in [9.17, 15) is 0 Å². The topological polar surface area (TPSA) is 53.9 Å². The van der Waals surface area contributed by atoms with Gasteiger partial charge in [-0.05, 0) is 25.9 Å². The third kappa shape index (κ3) is 1.98. The SMILES string of the molecule is CN(c1cncnn1)C1CCNCC1. The highest BCUT2D eigenvalue weighted by atomic mass is 15.3. The van der Waals surface area contributed by atoms with Crippen LogP contribution in [0.25, 0.3) is 0 Å². The molecule has 0 radical (unpaired) electrons. The molecule has 1 fully saturated rings. The lowest BCUT2D eigenvalue weighted by Gasteiger charge is -2.31. The highest BCUT2D eigenvalue weighted by Gasteiger charge is 2.18. The van der Waals surface area contributed by atoms with Gasteiger partial charge in [0.2, 0.25) is 0 Å². The number of aromatic nitrogens is 3. The van der Waals surface area contributed by atoms with Gasteiger partial charge in [-0.2, -0.15) is 0 Å². The van der Waals surface area contributed by atoms with Crippen LogP contribution in [0.15, 0.2) is 12.5 Å². The first-order chi connectivity index (χ1) is 6.88. The van der Waals surface area contributed by atoms with E-state index in [4.69, 9.17) is 0 Å². The van der Waals surface area contributed by atoms with Crippen molar-refractivity contribution in [2.45, 2.75) is 18.9 Å². The zero-order valence-electron chi connectivity index (χ0n) is 8.35. The molecule has 0 atom stereocenters. The minimum atomic E-state index is 0.565. The third-order valence-electron chi connectivity index (χ3n) is 2.69. The molecule has 1 saturated heterocycles. The monoisotopic (exact) mass is 193 g/mol. The first-order valence-corrected chi connectivity index (χ1v) is 4.94. The quantitative estimate of drug-likeness (QED) is 0.719. The van der Waals surface area contributed by atoms with Crippen LogP contribution in [-0.4, -0.2) is 41.4 Å². The van der Waals surface area contributed by atoms with Gasteiger partial charge < -0.3 is 10.2 Å². The van der Waals surface area contributed by atoms with E-state index in [1.165, 1.54) is 6.33 Å². The molecule has 5 heteroatoms. The third-order valence-corrected chi connectivity index (χ3v) is 2.69. The fraction of sp³-hybridized carbons (Fsp3) is 0.667. The van der Waals surface area contributed by atoms with Crippen LogP contribution in [0.4, 0.5) is 5.82 Å². The van der Waals surface area contributed by atoms with Crippen LogP contribution in [0.2, 0.25) is 0 Å². The van der Waals surface area contributed by atoms with Gasteiger partial charge in [-0.15, -0.1) is 10.2 Å². The van der Waals surface area contributed by atoms with Gasteiger partial charge in [-0.25, -0.2) is 4.98 Å². The minimum absolute atomic E-state index is 0.565. The van der Waals surface area contributed by atoms with Gasteiger partial charge in [0.25, 0.3) is 0 Å². The Labute approximate surface area is 83.6 Å². The molecule has 76 valence electrons. The maximum atomic E-state index is 4.05. The average Bonchev–Trinajstić information content (AvgIpc) is 2.30. The van der Waals surface area contributed by atoms with Crippen LogP contribution in [0.5, 0.6) is 0 Å². The molecule has 1 N–H and O–H groups in total. The number of rotatable bonds is 2. The van der Waals surface area contributed by atoms with E-state index in [2.05, 4.69) is 32.4 Å². The standard InChI is InChI=1S/C9H15N5/c1-14(8-2-4-10-5-3-8)9-6-11-7-12-13-9/h6-8,10H,2-5H2,1H3. The fourth-order valence-corrected chi connectivity index (χ4v) is 1.78. The number of hydrogen-bond acceptors (Lipinski definition) is 5. The number of piperidine rings is 1. The van der Waals surface area contributed by atoms with Gasteiger partial charge in [-0.1, -0.05) is 0 Å². The van der Waals surface area contributed by atoms with Crippen LogP contribution >= 0.6 is 0 Å². The molecule has 14 heavy (non-hydrogen) atoms. The molecule has 0 aromatic carbocycles. The minimum Gasteiger partial charge on any atom is -0.354 e. The van der Waals surface area contributed by atoms with Crippen molar-refractivity contribution in [1.82, 2.24) is 20.5 Å². The summed E-state index contributed by atoms with van der Waals surface area (Å²) in [4.78, 5) is 6.14. The molecule has 1 aliphatic rings. The highest BCUT2D eigenvalue weighted by Crippen LogP contribution is 2.15. The van der Waals surface area contributed by atoms with Crippen molar-refractivity contribution in [1.29, 1.82) is 0 Å². The molecule has 5 nitrogen and oxygen atoms in total. The van der Waals surface area contributed by atoms with Crippen molar-refractivity contribution in [2.24, 2.45) is 0 Å². The van der Waals surface area contributed by atoms with Crippen molar-refractivity contribution < 1.29 is 0 Å². The molecule has 2 rings (SSSR count). The zero-order chi connectivity index (χ0) is 9.80. The Kier molecular flexibility index (Phi) is 2.88. The number of nitrogens with one attached hydrogen (secondary N) is 1. The maximum Gasteiger partial charge on any atom is 0.169 e. The Balaban J connectivity index is 2.03. The van der Waals surface area contributed by atoms with Crippen molar-refractivity contribution in [3.8, 4) is 0 Å². The summed E-state index contributed by atoms with van der Waals surface area (Å²) < 4.78 is 0. The molecule has 2 heterocycles. The molecular formula is C9H15N5. The molecule has 1 aromatic heterocycles. The van der Waals surface area contributed by atoms with Crippen LogP contribution < -0.4 is 10.2 Å². The molecule has 0 bridgehead atoms. The Morgan fingerprint density at radius 3 is 2.86 bits per heavy atom. The molecular weight excluding hydrogens is 178 g/mol. The summed E-state index contributed by atoms with van der Waals surface area (Å²) in [6.07, 6.45) is 5.54. The first kappa shape index (κ1) is 9.33. The predicted octanol–water partition coefficient (Wildman–Crippen LogP) is 0.0598. The van der Waals surface area contributed by atoms with Crippen LogP contribution in [0.1, 0.15) is 12.8 Å². The number of nitrogens with zero attached hydrogens (tertiary/aromatic N) is 4. The van der Waals surface area contributed by atoms with Gasteiger partial charge in [0.1, 0.15) is 6.33 Å². The summed E-state index contributed by atoms with van der Waals surface area (Å²) in [6.45, 7) is 2.17. The van der Waals surface area contributed by atoms with Gasteiger partial charge in [0, 0.05) is 13.1 Å². The van der Waals surface area contributed by atoms with Crippen LogP contribution in [-0.2, 0) is 0 Å². The fourth-order valence-electron chi connectivity index (χ4n) is 1.78. The summed E-state index contributed by atoms with van der Waals surface area (Å²) >= 11 is 0. The van der Waals surface area contributed by atoms with E-state index in [1.807, 2.05) is 0 Å². The second-order valence-corrected chi connectivity index (χ2v) is 3.56. The Bertz CT molecular complexity index is 270. The summed E-state index contributed by atoms with van der Waals surface area (Å²) in [7, 11) is 2.06. The average molecular weight is 193 g/mol. The Morgan fingerprint density at radius 1 is 1.43 bits per heavy atom. The molecule has 0 unspecified atom stereocenters. The predicted molar refractivity (Wildman–Crippen MR) is 54.1 cm³/mol. The van der Waals surface area contributed by atoms with E-state index < -0.39 is 0 Å². The van der Waals surface area contributed by atoms with Gasteiger partial charge in [0.05, 0.1) is 6.20 Å². The molecule has 1 aliphatic heterocycles. The lowest BCUT2D eigenvalue weighted by Crippen LogP contribution is -2.41.